The first-order chi connectivity index (χ1) is 10.9. The van der Waals surface area contributed by atoms with Gasteiger partial charge in [-0.3, -0.25) is 4.79 Å². The van der Waals surface area contributed by atoms with Crippen LogP contribution in [0.4, 0.5) is 0 Å². The monoisotopic (exact) mass is 347 g/mol. The lowest BCUT2D eigenvalue weighted by molar-refractivity contribution is -0.120. The zero-order valence-corrected chi connectivity index (χ0v) is 14.2. The molecule has 4 nitrogen and oxygen atoms in total. The fraction of sp³-hybridized carbons (Fsp3) is 0.235. The Bertz CT molecular complexity index is 838. The first kappa shape index (κ1) is 16.0. The van der Waals surface area contributed by atoms with E-state index in [1.165, 1.54) is 11.0 Å². The summed E-state index contributed by atoms with van der Waals surface area (Å²) in [4.78, 5) is 14.5. The van der Waals surface area contributed by atoms with Crippen LogP contribution in [0.2, 0.25) is 0 Å². The topological polar surface area (TPSA) is 63.2 Å². The summed E-state index contributed by atoms with van der Waals surface area (Å²) in [5.74, 6) is -0.506. The van der Waals surface area contributed by atoms with Gasteiger partial charge in [-0.05, 0) is 37.1 Å². The van der Waals surface area contributed by atoms with Crippen LogP contribution in [-0.2, 0) is 14.8 Å². The maximum absolute atomic E-state index is 12.1. The molecule has 0 bridgehead atoms. The predicted octanol–water partition coefficient (Wildman–Crippen LogP) is 3.28. The molecule has 0 spiro atoms. The van der Waals surface area contributed by atoms with Crippen molar-refractivity contribution in [3.8, 4) is 0 Å². The molecule has 0 saturated heterocycles. The van der Waals surface area contributed by atoms with E-state index in [-0.39, 0.29) is 11.8 Å². The quantitative estimate of drug-likeness (QED) is 0.903. The van der Waals surface area contributed by atoms with Crippen LogP contribution in [0.15, 0.2) is 47.9 Å². The molecule has 1 aromatic carbocycles. The van der Waals surface area contributed by atoms with E-state index in [0.717, 1.165) is 15.8 Å². The SMILES string of the molecule is Cc1ccc([C@@H]2C[C@@H]2C(=O)NS(=O)(=O)/C=C\c2ccccc2)s1. The normalized spacial score (nSPS) is 20.6. The van der Waals surface area contributed by atoms with E-state index in [1.807, 2.05) is 37.3 Å². The minimum absolute atomic E-state index is 0.155. The van der Waals surface area contributed by atoms with Gasteiger partial charge < -0.3 is 0 Å². The van der Waals surface area contributed by atoms with E-state index < -0.39 is 15.9 Å². The standard InChI is InChI=1S/C17H17NO3S2/c1-12-7-8-16(22-12)14-11-15(14)17(19)18-23(20,21)10-9-13-5-3-2-4-6-13/h2-10,14-15H,11H2,1H3,(H,18,19)/b10-9-/t14-,15+/m1/s1. The average molecular weight is 347 g/mol. The number of aryl methyl sites for hydroxylation is 1. The molecule has 0 aliphatic heterocycles. The molecule has 1 amide bonds. The summed E-state index contributed by atoms with van der Waals surface area (Å²) < 4.78 is 26.1. The van der Waals surface area contributed by atoms with Crippen LogP contribution in [0.5, 0.6) is 0 Å². The van der Waals surface area contributed by atoms with Gasteiger partial charge in [0.2, 0.25) is 5.91 Å². The molecule has 0 unspecified atom stereocenters. The van der Waals surface area contributed by atoms with Crippen molar-refractivity contribution >= 4 is 33.3 Å². The molecule has 23 heavy (non-hydrogen) atoms. The molecule has 1 N–H and O–H groups in total. The van der Waals surface area contributed by atoms with Crippen molar-refractivity contribution in [2.24, 2.45) is 5.92 Å². The molecule has 2 atom stereocenters. The lowest BCUT2D eigenvalue weighted by Gasteiger charge is -2.02. The summed E-state index contributed by atoms with van der Waals surface area (Å²) in [7, 11) is -3.76. The number of carbonyl (C=O) groups is 1. The molecule has 0 radical (unpaired) electrons. The second kappa shape index (κ2) is 6.29. The number of sulfonamides is 1. The highest BCUT2D eigenvalue weighted by Gasteiger charge is 2.45. The van der Waals surface area contributed by atoms with E-state index >= 15 is 0 Å². The van der Waals surface area contributed by atoms with Crippen molar-refractivity contribution in [1.29, 1.82) is 0 Å². The zero-order valence-electron chi connectivity index (χ0n) is 12.6. The molecule has 1 aromatic heterocycles. The van der Waals surface area contributed by atoms with E-state index in [0.29, 0.717) is 6.42 Å². The third-order valence-electron chi connectivity index (χ3n) is 3.74. The van der Waals surface area contributed by atoms with E-state index in [1.54, 1.807) is 23.5 Å². The van der Waals surface area contributed by atoms with Gasteiger partial charge in [0.05, 0.1) is 5.41 Å². The van der Waals surface area contributed by atoms with Crippen LogP contribution in [0.1, 0.15) is 27.7 Å². The van der Waals surface area contributed by atoms with Crippen molar-refractivity contribution in [3.63, 3.8) is 0 Å². The van der Waals surface area contributed by atoms with Crippen LogP contribution in [-0.4, -0.2) is 14.3 Å². The lowest BCUT2D eigenvalue weighted by atomic mass is 10.2. The number of thiophene rings is 1. The summed E-state index contributed by atoms with van der Waals surface area (Å²) >= 11 is 1.66. The Hall–Kier alpha value is -1.92. The average Bonchev–Trinajstić information content (AvgIpc) is 3.21. The van der Waals surface area contributed by atoms with Crippen molar-refractivity contribution in [1.82, 2.24) is 4.72 Å². The van der Waals surface area contributed by atoms with Gasteiger partial charge in [0.25, 0.3) is 10.0 Å². The summed E-state index contributed by atoms with van der Waals surface area (Å²) in [6.45, 7) is 2.02. The number of carbonyl (C=O) groups excluding carboxylic acids is 1. The van der Waals surface area contributed by atoms with E-state index in [9.17, 15) is 13.2 Å². The first-order valence-corrected chi connectivity index (χ1v) is 9.67. The molecule has 6 heteroatoms. The third kappa shape index (κ3) is 4.09. The Morgan fingerprint density at radius 2 is 1.96 bits per heavy atom. The summed E-state index contributed by atoms with van der Waals surface area (Å²) in [6, 6.07) is 13.1. The molecular formula is C17H17NO3S2. The number of nitrogens with one attached hydrogen (secondary N) is 1. The van der Waals surface area contributed by atoms with E-state index in [4.69, 9.17) is 0 Å². The molecule has 2 aromatic rings. The van der Waals surface area contributed by atoms with Crippen molar-refractivity contribution in [2.45, 2.75) is 19.3 Å². The van der Waals surface area contributed by atoms with Crippen LogP contribution in [0, 0.1) is 12.8 Å². The number of rotatable bonds is 5. The fourth-order valence-electron chi connectivity index (χ4n) is 2.43. The summed E-state index contributed by atoms with van der Waals surface area (Å²) in [5, 5.41) is 1.03. The predicted molar refractivity (Wildman–Crippen MR) is 92.4 cm³/mol. The maximum atomic E-state index is 12.1. The molecule has 1 aliphatic carbocycles. The summed E-state index contributed by atoms with van der Waals surface area (Å²) in [5.41, 5.74) is 0.767. The second-order valence-corrected chi connectivity index (χ2v) is 8.51. The lowest BCUT2D eigenvalue weighted by Crippen LogP contribution is -2.30. The molecule has 1 saturated carbocycles. The largest absolute Gasteiger partial charge is 0.274 e. The van der Waals surface area contributed by atoms with Gasteiger partial charge in [-0.2, -0.15) is 0 Å². The first-order valence-electron chi connectivity index (χ1n) is 7.31. The maximum Gasteiger partial charge on any atom is 0.257 e. The third-order valence-corrected chi connectivity index (χ3v) is 5.85. The Balaban J connectivity index is 1.60. The van der Waals surface area contributed by atoms with Crippen LogP contribution in [0.25, 0.3) is 6.08 Å². The molecule has 1 aliphatic rings. The van der Waals surface area contributed by atoms with Gasteiger partial charge in [0, 0.05) is 21.6 Å². The molecule has 120 valence electrons. The fourth-order valence-corrected chi connectivity index (χ4v) is 4.33. The summed E-state index contributed by atoms with van der Waals surface area (Å²) in [6.07, 6.45) is 2.19. The zero-order chi connectivity index (χ0) is 16.4. The number of amides is 1. The smallest absolute Gasteiger partial charge is 0.257 e. The molecule has 1 heterocycles. The Morgan fingerprint density at radius 1 is 1.22 bits per heavy atom. The van der Waals surface area contributed by atoms with Crippen LogP contribution >= 0.6 is 11.3 Å². The molecule has 3 rings (SSSR count). The van der Waals surface area contributed by atoms with Gasteiger partial charge in [-0.15, -0.1) is 11.3 Å². The van der Waals surface area contributed by atoms with Gasteiger partial charge >= 0.3 is 0 Å². The Morgan fingerprint density at radius 3 is 2.61 bits per heavy atom. The molecular weight excluding hydrogens is 330 g/mol. The van der Waals surface area contributed by atoms with Gasteiger partial charge in [-0.25, -0.2) is 13.1 Å². The highest BCUT2D eigenvalue weighted by Crippen LogP contribution is 2.49. The highest BCUT2D eigenvalue weighted by molar-refractivity contribution is 7.93. The van der Waals surface area contributed by atoms with Gasteiger partial charge in [0.15, 0.2) is 0 Å². The van der Waals surface area contributed by atoms with Crippen molar-refractivity contribution < 1.29 is 13.2 Å². The number of hydrogen-bond acceptors (Lipinski definition) is 4. The van der Waals surface area contributed by atoms with E-state index in [2.05, 4.69) is 4.72 Å². The minimum atomic E-state index is -3.76. The van der Waals surface area contributed by atoms with Crippen LogP contribution < -0.4 is 4.72 Å². The number of benzene rings is 1. The van der Waals surface area contributed by atoms with Gasteiger partial charge in [0.1, 0.15) is 0 Å². The van der Waals surface area contributed by atoms with Crippen molar-refractivity contribution in [3.05, 3.63) is 63.2 Å². The van der Waals surface area contributed by atoms with Crippen molar-refractivity contribution in [2.75, 3.05) is 0 Å². The highest BCUT2D eigenvalue weighted by atomic mass is 32.2. The Labute approximate surface area is 139 Å². The molecule has 1 fully saturated rings. The minimum Gasteiger partial charge on any atom is -0.274 e. The second-order valence-electron chi connectivity index (χ2n) is 5.62. The number of hydrogen-bond donors (Lipinski definition) is 1. The van der Waals surface area contributed by atoms with Gasteiger partial charge in [-0.1, -0.05) is 30.3 Å². The van der Waals surface area contributed by atoms with Crippen LogP contribution in [0.3, 0.4) is 0 Å². The Kier molecular flexibility index (Phi) is 4.37.